The van der Waals surface area contributed by atoms with Crippen LogP contribution in [0.3, 0.4) is 0 Å². The Balaban J connectivity index is 2.60. The van der Waals surface area contributed by atoms with Crippen molar-refractivity contribution in [1.82, 2.24) is 10.2 Å². The molecule has 1 fully saturated rings. The second-order valence-corrected chi connectivity index (χ2v) is 6.36. The molecule has 0 aromatic heterocycles. The Bertz CT molecular complexity index is 424. The van der Waals surface area contributed by atoms with Crippen LogP contribution in [0.25, 0.3) is 0 Å². The molecule has 1 saturated heterocycles. The number of hydrogen-bond donors (Lipinski definition) is 1. The van der Waals surface area contributed by atoms with Crippen molar-refractivity contribution in [3.8, 4) is 0 Å². The SMILES string of the molecule is CC=CC(F)=C(C)N1CCCC(NC(=O)OC(C)(C)C)C1. The zero-order chi connectivity index (χ0) is 16.0. The van der Waals surface area contributed by atoms with Crippen molar-refractivity contribution in [3.63, 3.8) is 0 Å². The van der Waals surface area contributed by atoms with E-state index < -0.39 is 11.7 Å². The number of carbonyl (C=O) groups is 1. The van der Waals surface area contributed by atoms with Crippen LogP contribution < -0.4 is 5.32 Å². The summed E-state index contributed by atoms with van der Waals surface area (Å²) in [6.45, 7) is 10.5. The second-order valence-electron chi connectivity index (χ2n) is 6.36. The van der Waals surface area contributed by atoms with Gasteiger partial charge in [-0.3, -0.25) is 0 Å². The van der Waals surface area contributed by atoms with Gasteiger partial charge in [-0.1, -0.05) is 6.08 Å². The van der Waals surface area contributed by atoms with E-state index in [0.717, 1.165) is 19.4 Å². The Morgan fingerprint density at radius 1 is 1.43 bits per heavy atom. The normalized spacial score (nSPS) is 21.2. The van der Waals surface area contributed by atoms with Crippen LogP contribution in [-0.4, -0.2) is 35.7 Å². The number of nitrogens with one attached hydrogen (secondary N) is 1. The summed E-state index contributed by atoms with van der Waals surface area (Å²) in [5, 5.41) is 2.87. The summed E-state index contributed by atoms with van der Waals surface area (Å²) in [5.74, 6) is -0.226. The van der Waals surface area contributed by atoms with Gasteiger partial charge in [-0.25, -0.2) is 9.18 Å². The van der Waals surface area contributed by atoms with E-state index in [9.17, 15) is 9.18 Å². The number of amides is 1. The fourth-order valence-electron chi connectivity index (χ4n) is 2.29. The fourth-order valence-corrected chi connectivity index (χ4v) is 2.29. The summed E-state index contributed by atoms with van der Waals surface area (Å²) >= 11 is 0. The first-order valence-corrected chi connectivity index (χ1v) is 7.46. The number of carbonyl (C=O) groups excluding carboxylic acids is 1. The van der Waals surface area contributed by atoms with Gasteiger partial charge in [-0.05, 0) is 53.5 Å². The van der Waals surface area contributed by atoms with Crippen LogP contribution in [0.15, 0.2) is 23.7 Å². The fraction of sp³-hybridized carbons (Fsp3) is 0.688. The van der Waals surface area contributed by atoms with Gasteiger partial charge in [0.05, 0.1) is 0 Å². The smallest absolute Gasteiger partial charge is 0.407 e. The molecular weight excluding hydrogens is 271 g/mol. The molecule has 120 valence electrons. The van der Waals surface area contributed by atoms with Crippen molar-refractivity contribution in [2.24, 2.45) is 0 Å². The van der Waals surface area contributed by atoms with E-state index >= 15 is 0 Å². The highest BCUT2D eigenvalue weighted by molar-refractivity contribution is 5.68. The van der Waals surface area contributed by atoms with Crippen LogP contribution in [0.4, 0.5) is 9.18 Å². The van der Waals surface area contributed by atoms with E-state index in [1.54, 1.807) is 19.9 Å². The predicted octanol–water partition coefficient (Wildman–Crippen LogP) is 3.75. The first-order chi connectivity index (χ1) is 9.73. The van der Waals surface area contributed by atoms with Gasteiger partial charge in [-0.2, -0.15) is 0 Å². The van der Waals surface area contributed by atoms with Crippen molar-refractivity contribution in [2.75, 3.05) is 13.1 Å². The third-order valence-electron chi connectivity index (χ3n) is 3.28. The average molecular weight is 298 g/mol. The van der Waals surface area contributed by atoms with Crippen molar-refractivity contribution in [2.45, 2.75) is 59.1 Å². The van der Waals surface area contributed by atoms with E-state index in [0.29, 0.717) is 12.2 Å². The molecular formula is C16H27FN2O2. The molecule has 1 atom stereocenters. The lowest BCUT2D eigenvalue weighted by molar-refractivity contribution is 0.0480. The number of nitrogens with zero attached hydrogens (tertiary/aromatic N) is 1. The molecule has 1 amide bonds. The van der Waals surface area contributed by atoms with Crippen molar-refractivity contribution in [3.05, 3.63) is 23.7 Å². The van der Waals surface area contributed by atoms with E-state index in [1.807, 2.05) is 25.7 Å². The molecule has 0 aliphatic carbocycles. The number of piperidine rings is 1. The van der Waals surface area contributed by atoms with Crippen LogP contribution in [-0.2, 0) is 4.74 Å². The number of alkyl carbamates (subject to hydrolysis) is 1. The number of hydrogen-bond acceptors (Lipinski definition) is 3. The van der Waals surface area contributed by atoms with Gasteiger partial charge in [0.1, 0.15) is 11.4 Å². The molecule has 0 saturated carbocycles. The van der Waals surface area contributed by atoms with Crippen LogP contribution >= 0.6 is 0 Å². The molecule has 0 aromatic rings. The average Bonchev–Trinajstić information content (AvgIpc) is 2.36. The minimum absolute atomic E-state index is 0.0121. The number of likely N-dealkylation sites (tertiary alicyclic amines) is 1. The summed E-state index contributed by atoms with van der Waals surface area (Å²) in [7, 11) is 0. The van der Waals surface area contributed by atoms with Gasteiger partial charge < -0.3 is 15.0 Å². The third-order valence-corrected chi connectivity index (χ3v) is 3.28. The van der Waals surface area contributed by atoms with Crippen molar-refractivity contribution in [1.29, 1.82) is 0 Å². The lowest BCUT2D eigenvalue weighted by atomic mass is 10.1. The Morgan fingerprint density at radius 3 is 2.67 bits per heavy atom. The largest absolute Gasteiger partial charge is 0.444 e. The van der Waals surface area contributed by atoms with E-state index in [4.69, 9.17) is 4.74 Å². The van der Waals surface area contributed by atoms with Gasteiger partial charge in [0.25, 0.3) is 0 Å². The Morgan fingerprint density at radius 2 is 2.10 bits per heavy atom. The molecule has 1 rings (SSSR count). The molecule has 0 aromatic carbocycles. The molecule has 1 aliphatic rings. The van der Waals surface area contributed by atoms with Gasteiger partial charge in [0, 0.05) is 24.8 Å². The summed E-state index contributed by atoms with van der Waals surface area (Å²) in [6.07, 6.45) is 4.53. The zero-order valence-corrected chi connectivity index (χ0v) is 13.7. The Labute approximate surface area is 127 Å². The number of allylic oxidation sites excluding steroid dienone is 4. The number of halogens is 1. The topological polar surface area (TPSA) is 41.6 Å². The predicted molar refractivity (Wildman–Crippen MR) is 82.6 cm³/mol. The molecule has 0 radical (unpaired) electrons. The van der Waals surface area contributed by atoms with Gasteiger partial charge in [0.15, 0.2) is 0 Å². The zero-order valence-electron chi connectivity index (χ0n) is 13.7. The first kappa shape index (κ1) is 17.5. The maximum Gasteiger partial charge on any atom is 0.407 e. The molecule has 21 heavy (non-hydrogen) atoms. The molecule has 1 unspecified atom stereocenters. The van der Waals surface area contributed by atoms with Crippen LogP contribution in [0.5, 0.6) is 0 Å². The highest BCUT2D eigenvalue weighted by Crippen LogP contribution is 2.19. The summed E-state index contributed by atoms with van der Waals surface area (Å²) < 4.78 is 19.1. The second kappa shape index (κ2) is 7.48. The molecule has 4 nitrogen and oxygen atoms in total. The van der Waals surface area contributed by atoms with Crippen LogP contribution in [0.1, 0.15) is 47.5 Å². The molecule has 5 heteroatoms. The van der Waals surface area contributed by atoms with Gasteiger partial charge in [0.2, 0.25) is 0 Å². The molecule has 0 bridgehead atoms. The van der Waals surface area contributed by atoms with Crippen molar-refractivity contribution >= 4 is 6.09 Å². The highest BCUT2D eigenvalue weighted by Gasteiger charge is 2.25. The van der Waals surface area contributed by atoms with Crippen LogP contribution in [0.2, 0.25) is 0 Å². The Hall–Kier alpha value is -1.52. The van der Waals surface area contributed by atoms with Crippen molar-refractivity contribution < 1.29 is 13.9 Å². The monoisotopic (exact) mass is 298 g/mol. The molecule has 1 aliphatic heterocycles. The maximum atomic E-state index is 13.8. The lowest BCUT2D eigenvalue weighted by Crippen LogP contribution is -2.48. The van der Waals surface area contributed by atoms with Crippen LogP contribution in [0, 0.1) is 0 Å². The summed E-state index contributed by atoms with van der Waals surface area (Å²) in [5.41, 5.74) is 0.107. The summed E-state index contributed by atoms with van der Waals surface area (Å²) in [6, 6.07) is -0.0121. The lowest BCUT2D eigenvalue weighted by Gasteiger charge is -2.35. The van der Waals surface area contributed by atoms with Gasteiger partial charge in [-0.15, -0.1) is 0 Å². The molecule has 1 N–H and O–H groups in total. The molecule has 1 heterocycles. The first-order valence-electron chi connectivity index (χ1n) is 7.46. The summed E-state index contributed by atoms with van der Waals surface area (Å²) in [4.78, 5) is 13.8. The third kappa shape index (κ3) is 6.19. The number of rotatable bonds is 3. The minimum Gasteiger partial charge on any atom is -0.444 e. The maximum absolute atomic E-state index is 13.8. The standard InChI is InChI=1S/C16H27FN2O2/c1-6-8-14(17)12(2)19-10-7-9-13(11-19)18-15(20)21-16(3,4)5/h6,8,13H,7,9-11H2,1-5H3,(H,18,20). The number of ether oxygens (including phenoxy) is 1. The van der Waals surface area contributed by atoms with E-state index in [-0.39, 0.29) is 11.9 Å². The Kier molecular flexibility index (Phi) is 6.24. The highest BCUT2D eigenvalue weighted by atomic mass is 19.1. The quantitative estimate of drug-likeness (QED) is 0.807. The minimum atomic E-state index is -0.508. The van der Waals surface area contributed by atoms with E-state index in [1.165, 1.54) is 6.08 Å². The molecule has 0 spiro atoms. The van der Waals surface area contributed by atoms with E-state index in [2.05, 4.69) is 5.32 Å². The van der Waals surface area contributed by atoms with Gasteiger partial charge >= 0.3 is 6.09 Å².